The molecule has 3 rings (SSSR count). The van der Waals surface area contributed by atoms with Gasteiger partial charge in [0, 0.05) is 23.1 Å². The van der Waals surface area contributed by atoms with Crippen LogP contribution in [-0.4, -0.2) is 32.4 Å². The van der Waals surface area contributed by atoms with Crippen molar-refractivity contribution in [2.75, 3.05) is 13.7 Å². The maximum Gasteiger partial charge on any atom is 0.182 e. The summed E-state index contributed by atoms with van der Waals surface area (Å²) in [5.74, 6) is -0.405. The minimum atomic E-state index is -3.70. The number of hydrogen-bond donors (Lipinski definition) is 1. The van der Waals surface area contributed by atoms with Crippen molar-refractivity contribution < 1.29 is 13.2 Å². The van der Waals surface area contributed by atoms with E-state index < -0.39 is 26.4 Å². The van der Waals surface area contributed by atoms with Crippen LogP contribution in [0.15, 0.2) is 53.4 Å². The molecule has 2 aromatic rings. The van der Waals surface area contributed by atoms with Crippen LogP contribution in [-0.2, 0) is 14.6 Å². The average molecular weight is 430 g/mol. The number of hydrogen-bond acceptors (Lipinski definition) is 4. The highest BCUT2D eigenvalue weighted by atomic mass is 35.5. The Morgan fingerprint density at radius 3 is 2.08 bits per heavy atom. The summed E-state index contributed by atoms with van der Waals surface area (Å²) < 4.78 is 31.9. The summed E-state index contributed by atoms with van der Waals surface area (Å²) in [4.78, 5) is 0.307. The first-order valence-electron chi connectivity index (χ1n) is 7.79. The summed E-state index contributed by atoms with van der Waals surface area (Å²) in [7, 11) is -2.20. The van der Waals surface area contributed by atoms with E-state index in [1.807, 2.05) is 0 Å². The van der Waals surface area contributed by atoms with Gasteiger partial charge in [0.1, 0.15) is 0 Å². The van der Waals surface area contributed by atoms with Gasteiger partial charge in [0.05, 0.1) is 27.2 Å². The van der Waals surface area contributed by atoms with Crippen LogP contribution < -0.4 is 5.73 Å². The molecule has 26 heavy (non-hydrogen) atoms. The zero-order valence-electron chi connectivity index (χ0n) is 13.9. The smallest absolute Gasteiger partial charge is 0.182 e. The number of benzene rings is 2. The fraction of sp³-hybridized carbons (Fsp3) is 0.278. The third-order valence-electron chi connectivity index (χ3n) is 4.80. The van der Waals surface area contributed by atoms with E-state index in [4.69, 9.17) is 45.9 Å². The van der Waals surface area contributed by atoms with Gasteiger partial charge in [-0.3, -0.25) is 0 Å². The molecular formula is C18H17Cl2NO3S2. The Morgan fingerprint density at radius 1 is 1.12 bits per heavy atom. The van der Waals surface area contributed by atoms with Gasteiger partial charge in [0.15, 0.2) is 9.84 Å². The lowest BCUT2D eigenvalue weighted by Gasteiger charge is -2.16. The third-order valence-corrected chi connectivity index (χ3v) is 7.98. The van der Waals surface area contributed by atoms with Crippen molar-refractivity contribution in [3.05, 3.63) is 64.1 Å². The minimum Gasteiger partial charge on any atom is -0.393 e. The predicted octanol–water partition coefficient (Wildman–Crippen LogP) is 3.85. The van der Waals surface area contributed by atoms with Crippen LogP contribution in [0.1, 0.15) is 11.5 Å². The summed E-state index contributed by atoms with van der Waals surface area (Å²) in [5.41, 5.74) is 5.85. The maximum atomic E-state index is 13.3. The molecule has 0 radical (unpaired) electrons. The zero-order valence-corrected chi connectivity index (χ0v) is 17.0. The van der Waals surface area contributed by atoms with Gasteiger partial charge < -0.3 is 10.5 Å². The molecule has 0 bridgehead atoms. The average Bonchev–Trinajstić information content (AvgIpc) is 3.27. The number of sulfone groups is 1. The lowest BCUT2D eigenvalue weighted by molar-refractivity contribution is 0.166. The Kier molecular flexibility index (Phi) is 5.34. The van der Waals surface area contributed by atoms with E-state index in [9.17, 15) is 8.42 Å². The van der Waals surface area contributed by atoms with Gasteiger partial charge >= 0.3 is 0 Å². The van der Waals surface area contributed by atoms with Gasteiger partial charge in [-0.1, -0.05) is 47.6 Å². The number of methoxy groups -OCH3 is 1. The molecule has 8 heteroatoms. The second-order valence-corrected chi connectivity index (χ2v) is 9.67. The fourth-order valence-electron chi connectivity index (χ4n) is 3.55. The van der Waals surface area contributed by atoms with E-state index in [2.05, 4.69) is 0 Å². The van der Waals surface area contributed by atoms with E-state index in [1.165, 1.54) is 19.2 Å². The van der Waals surface area contributed by atoms with Crippen LogP contribution in [0.2, 0.25) is 10.0 Å². The molecular weight excluding hydrogens is 413 g/mol. The van der Waals surface area contributed by atoms with Crippen molar-refractivity contribution in [2.24, 2.45) is 11.1 Å². The van der Waals surface area contributed by atoms with Crippen LogP contribution in [0.3, 0.4) is 0 Å². The van der Waals surface area contributed by atoms with Crippen LogP contribution in [0.4, 0.5) is 0 Å². The van der Waals surface area contributed by atoms with Gasteiger partial charge in [-0.05, 0) is 42.0 Å². The molecule has 1 fully saturated rings. The lowest BCUT2D eigenvalue weighted by Crippen LogP contribution is -2.33. The molecule has 0 spiro atoms. The first-order chi connectivity index (χ1) is 12.2. The predicted molar refractivity (Wildman–Crippen MR) is 108 cm³/mol. The maximum absolute atomic E-state index is 13.3. The molecule has 1 aliphatic rings. The van der Waals surface area contributed by atoms with Crippen LogP contribution >= 0.6 is 35.4 Å². The van der Waals surface area contributed by atoms with Gasteiger partial charge in [-0.15, -0.1) is 0 Å². The molecule has 138 valence electrons. The highest BCUT2D eigenvalue weighted by Gasteiger charge is 2.73. The van der Waals surface area contributed by atoms with E-state index >= 15 is 0 Å². The molecule has 1 saturated carbocycles. The van der Waals surface area contributed by atoms with Gasteiger partial charge in [-0.25, -0.2) is 8.42 Å². The highest BCUT2D eigenvalue weighted by Crippen LogP contribution is 2.64. The number of nitrogens with two attached hydrogens (primary N) is 1. The molecule has 0 heterocycles. The SMILES string of the molecule is COC[C@]1(C(N)=S)[C@H](c2ccc(Cl)cc2)[C@H]1S(=O)(=O)c1ccc(Cl)cc1. The molecule has 0 aliphatic heterocycles. The first kappa shape index (κ1) is 19.6. The molecule has 0 unspecified atom stereocenters. The van der Waals surface area contributed by atoms with Gasteiger partial charge in [0.25, 0.3) is 0 Å². The molecule has 0 saturated heterocycles. The highest BCUT2D eigenvalue weighted by molar-refractivity contribution is 7.92. The number of halogens is 2. The molecule has 3 atom stereocenters. The fourth-order valence-corrected chi connectivity index (χ4v) is 6.57. The third kappa shape index (κ3) is 3.14. The number of rotatable bonds is 6. The van der Waals surface area contributed by atoms with E-state index in [0.29, 0.717) is 10.0 Å². The van der Waals surface area contributed by atoms with Crippen LogP contribution in [0.5, 0.6) is 0 Å². The van der Waals surface area contributed by atoms with Crippen LogP contribution in [0.25, 0.3) is 0 Å². The lowest BCUT2D eigenvalue weighted by atomic mass is 10.00. The van der Waals surface area contributed by atoms with E-state index in [-0.39, 0.29) is 16.5 Å². The monoisotopic (exact) mass is 429 g/mol. The Morgan fingerprint density at radius 2 is 1.62 bits per heavy atom. The molecule has 2 N–H and O–H groups in total. The normalized spacial score (nSPS) is 25.0. The van der Waals surface area contributed by atoms with Crippen molar-refractivity contribution in [3.8, 4) is 0 Å². The quantitative estimate of drug-likeness (QED) is 0.705. The minimum absolute atomic E-state index is 0.118. The topological polar surface area (TPSA) is 69.4 Å². The zero-order chi connectivity index (χ0) is 19.1. The number of ether oxygens (including phenoxy) is 1. The summed E-state index contributed by atoms with van der Waals surface area (Å²) in [5, 5.41) is 0.223. The van der Waals surface area contributed by atoms with E-state index in [0.717, 1.165) is 5.56 Å². The molecule has 0 aromatic heterocycles. The van der Waals surface area contributed by atoms with Crippen molar-refractivity contribution in [3.63, 3.8) is 0 Å². The standard InChI is InChI=1S/C18H17Cl2NO3S2/c1-24-10-18(17(21)25)15(11-2-4-12(19)5-3-11)16(18)26(22,23)14-8-6-13(20)7-9-14/h2-9,15-16H,10H2,1H3,(H2,21,25)/t15-,16-,18+/m1/s1. The molecule has 4 nitrogen and oxygen atoms in total. The summed E-state index contributed by atoms with van der Waals surface area (Å²) in [6.45, 7) is 0.118. The second-order valence-electron chi connectivity index (χ2n) is 6.29. The Bertz CT molecular complexity index is 930. The van der Waals surface area contributed by atoms with Gasteiger partial charge in [0.2, 0.25) is 0 Å². The van der Waals surface area contributed by atoms with Crippen molar-refractivity contribution in [1.82, 2.24) is 0 Å². The first-order valence-corrected chi connectivity index (χ1v) is 10.5. The molecule has 2 aromatic carbocycles. The summed E-state index contributed by atoms with van der Waals surface area (Å²) in [6.07, 6.45) is 0. The molecule has 1 aliphatic carbocycles. The van der Waals surface area contributed by atoms with E-state index in [1.54, 1.807) is 36.4 Å². The van der Waals surface area contributed by atoms with Crippen molar-refractivity contribution >= 4 is 50.2 Å². The largest absolute Gasteiger partial charge is 0.393 e. The number of thiocarbonyl (C=S) groups is 1. The Balaban J connectivity index is 2.11. The van der Waals surface area contributed by atoms with Crippen LogP contribution in [0, 0.1) is 5.41 Å². The Hall–Kier alpha value is -1.18. The van der Waals surface area contributed by atoms with Gasteiger partial charge in [-0.2, -0.15) is 0 Å². The van der Waals surface area contributed by atoms with Crippen molar-refractivity contribution in [1.29, 1.82) is 0 Å². The summed E-state index contributed by atoms with van der Waals surface area (Å²) in [6, 6.07) is 13.1. The molecule has 0 amide bonds. The van der Waals surface area contributed by atoms with Crippen molar-refractivity contribution in [2.45, 2.75) is 16.1 Å². The summed E-state index contributed by atoms with van der Waals surface area (Å²) >= 11 is 17.1. The second kappa shape index (κ2) is 7.09. The Labute approximate surface area is 168 Å².